The highest BCUT2D eigenvalue weighted by Crippen LogP contribution is 2.29. The van der Waals surface area contributed by atoms with E-state index in [1.807, 2.05) is 0 Å². The predicted octanol–water partition coefficient (Wildman–Crippen LogP) is 17.6. The van der Waals surface area contributed by atoms with Gasteiger partial charge in [-0.25, -0.2) is 0 Å². The van der Waals surface area contributed by atoms with Crippen molar-refractivity contribution in [2.24, 2.45) is 11.8 Å². The summed E-state index contributed by atoms with van der Waals surface area (Å²) in [4.78, 5) is 0. The third kappa shape index (κ3) is 34.3. The van der Waals surface area contributed by atoms with Crippen molar-refractivity contribution in [3.8, 4) is 0 Å². The highest BCUT2D eigenvalue weighted by atomic mass is 31.0. The molecule has 1 heteroatoms. The van der Waals surface area contributed by atoms with E-state index in [0.717, 1.165) is 17.5 Å². The molecule has 0 nitrogen and oxygen atoms in total. The van der Waals surface area contributed by atoms with E-state index in [1.165, 1.54) is 211 Å². The van der Waals surface area contributed by atoms with E-state index in [0.29, 0.717) is 0 Å². The molecular formula is C48H91P. The molecule has 0 amide bonds. The second-order valence-corrected chi connectivity index (χ2v) is 16.8. The van der Waals surface area contributed by atoms with Crippen LogP contribution in [0.2, 0.25) is 0 Å². The monoisotopic (exact) mass is 699 g/mol. The predicted molar refractivity (Wildman–Crippen MR) is 232 cm³/mol. The summed E-state index contributed by atoms with van der Waals surface area (Å²) in [6.45, 7) is 16.2. The van der Waals surface area contributed by atoms with Crippen molar-refractivity contribution in [3.63, 3.8) is 0 Å². The van der Waals surface area contributed by atoms with Gasteiger partial charge in [0, 0.05) is 0 Å². The Morgan fingerprint density at radius 3 is 1.65 bits per heavy atom. The maximum Gasteiger partial charge on any atom is -0.0203 e. The molecule has 0 aromatic carbocycles. The lowest BCUT2D eigenvalue weighted by Gasteiger charge is -2.21. The fourth-order valence-electron chi connectivity index (χ4n) is 7.44. The largest absolute Gasteiger partial charge is 0.134 e. The number of hydrogen-bond donors (Lipinski definition) is 0. The van der Waals surface area contributed by atoms with Gasteiger partial charge in [-0.05, 0) is 120 Å². The van der Waals surface area contributed by atoms with Crippen LogP contribution in [-0.2, 0) is 0 Å². The van der Waals surface area contributed by atoms with Crippen LogP contribution in [-0.4, -0.2) is 5.66 Å². The summed E-state index contributed by atoms with van der Waals surface area (Å²) >= 11 is 0. The summed E-state index contributed by atoms with van der Waals surface area (Å²) in [5.41, 5.74) is 4.07. The molecule has 0 radical (unpaired) electrons. The first-order chi connectivity index (χ1) is 24.0. The van der Waals surface area contributed by atoms with Gasteiger partial charge in [-0.1, -0.05) is 185 Å². The summed E-state index contributed by atoms with van der Waals surface area (Å²) in [6.07, 6.45) is 55.6. The molecule has 0 saturated heterocycles. The van der Waals surface area contributed by atoms with Crippen LogP contribution in [0, 0.1) is 11.8 Å². The van der Waals surface area contributed by atoms with Gasteiger partial charge in [-0.15, -0.1) is 9.24 Å². The smallest absolute Gasteiger partial charge is 0.0203 e. The first kappa shape index (κ1) is 48.4. The van der Waals surface area contributed by atoms with Gasteiger partial charge in [0.15, 0.2) is 0 Å². The second-order valence-electron chi connectivity index (χ2n) is 15.9. The van der Waals surface area contributed by atoms with Crippen molar-refractivity contribution in [2.75, 3.05) is 0 Å². The summed E-state index contributed by atoms with van der Waals surface area (Å²) in [7, 11) is 3.07. The van der Waals surface area contributed by atoms with Gasteiger partial charge in [0.1, 0.15) is 0 Å². The lowest BCUT2D eigenvalue weighted by molar-refractivity contribution is 0.466. The molecule has 4 unspecified atom stereocenters. The van der Waals surface area contributed by atoms with Crippen molar-refractivity contribution in [1.82, 2.24) is 0 Å². The highest BCUT2D eigenvalue weighted by molar-refractivity contribution is 7.17. The Hall–Kier alpha value is -0.610. The van der Waals surface area contributed by atoms with E-state index < -0.39 is 0 Å². The van der Waals surface area contributed by atoms with E-state index in [-0.39, 0.29) is 0 Å². The Labute approximate surface area is 313 Å². The number of allylic oxidation sites excluding steroid dienone is 7. The Bertz CT molecular complexity index is 772. The zero-order valence-corrected chi connectivity index (χ0v) is 35.7. The van der Waals surface area contributed by atoms with Gasteiger partial charge >= 0.3 is 0 Å². The van der Waals surface area contributed by atoms with Crippen LogP contribution in [0.1, 0.15) is 240 Å². The van der Waals surface area contributed by atoms with Gasteiger partial charge in [0.2, 0.25) is 0 Å². The standard InChI is InChI=1S/C48H91P/c1-7-11-13-27-36-44(5)37-28-23-19-15-16-20-24-29-38-45(6)39-33-41-47(35-10-4)46(34-9-3)40-30-25-21-17-18-22-26-32-43-48(49)42-31-14-12-8-2/h23,26,28,32,34,44,47-48H,6-22,24-25,27,29-31,33,35-43,49H2,1-5H3/b28-23-,32-26-,46-34+. The molecule has 0 N–H and O–H groups in total. The van der Waals surface area contributed by atoms with Crippen LogP contribution in [0.25, 0.3) is 0 Å². The van der Waals surface area contributed by atoms with Crippen molar-refractivity contribution in [3.05, 3.63) is 48.1 Å². The zero-order valence-electron chi connectivity index (χ0n) is 34.5. The minimum absolute atomic E-state index is 0.778. The Balaban J connectivity index is 3.99. The van der Waals surface area contributed by atoms with Crippen molar-refractivity contribution >= 4 is 9.24 Å². The van der Waals surface area contributed by atoms with Crippen LogP contribution in [0.5, 0.6) is 0 Å². The van der Waals surface area contributed by atoms with E-state index in [9.17, 15) is 0 Å². The number of hydrogen-bond acceptors (Lipinski definition) is 0. The van der Waals surface area contributed by atoms with Crippen LogP contribution in [0.4, 0.5) is 0 Å². The average Bonchev–Trinajstić information content (AvgIpc) is 3.09. The maximum absolute atomic E-state index is 4.48. The van der Waals surface area contributed by atoms with Gasteiger partial charge in [-0.3, -0.25) is 0 Å². The van der Waals surface area contributed by atoms with E-state index >= 15 is 0 Å². The number of unbranched alkanes of at least 4 members (excludes halogenated alkanes) is 16. The minimum Gasteiger partial charge on any atom is -0.134 e. The van der Waals surface area contributed by atoms with Crippen molar-refractivity contribution < 1.29 is 0 Å². The molecule has 0 aliphatic heterocycles. The van der Waals surface area contributed by atoms with Crippen LogP contribution >= 0.6 is 9.24 Å². The first-order valence-electron chi connectivity index (χ1n) is 22.4. The van der Waals surface area contributed by atoms with E-state index in [1.54, 1.807) is 5.57 Å². The normalized spacial score (nSPS) is 14.3. The fraction of sp³-hybridized carbons (Fsp3) is 0.833. The maximum atomic E-state index is 4.48. The van der Waals surface area contributed by atoms with E-state index in [2.05, 4.69) is 80.8 Å². The van der Waals surface area contributed by atoms with Crippen molar-refractivity contribution in [2.45, 2.75) is 246 Å². The number of rotatable bonds is 38. The highest BCUT2D eigenvalue weighted by Gasteiger charge is 2.13. The molecule has 0 saturated carbocycles. The molecule has 0 bridgehead atoms. The molecular weight excluding hydrogens is 608 g/mol. The zero-order chi connectivity index (χ0) is 36.0. The molecule has 0 spiro atoms. The third-order valence-corrected chi connectivity index (χ3v) is 11.3. The molecule has 4 atom stereocenters. The van der Waals surface area contributed by atoms with Crippen LogP contribution in [0.3, 0.4) is 0 Å². The average molecular weight is 699 g/mol. The molecule has 0 rings (SSSR count). The molecule has 0 heterocycles. The minimum atomic E-state index is 0.778. The fourth-order valence-corrected chi connectivity index (χ4v) is 7.83. The van der Waals surface area contributed by atoms with Gasteiger partial charge in [0.25, 0.3) is 0 Å². The second kappa shape index (κ2) is 38.6. The van der Waals surface area contributed by atoms with E-state index in [4.69, 9.17) is 0 Å². The van der Waals surface area contributed by atoms with Crippen molar-refractivity contribution in [1.29, 1.82) is 0 Å². The summed E-state index contributed by atoms with van der Waals surface area (Å²) in [6, 6.07) is 0. The van der Waals surface area contributed by atoms with Crippen LogP contribution < -0.4 is 0 Å². The summed E-state index contributed by atoms with van der Waals surface area (Å²) < 4.78 is 0. The Kier molecular flexibility index (Phi) is 38.1. The molecule has 0 aromatic rings. The molecule has 49 heavy (non-hydrogen) atoms. The topological polar surface area (TPSA) is 0 Å². The first-order valence-corrected chi connectivity index (χ1v) is 23.1. The Morgan fingerprint density at radius 1 is 0.510 bits per heavy atom. The SMILES string of the molecule is C=C(CCCCCCC/C=C\CC(C)CCCCCC)CCCC(CCC)/C(=C/CC)CCCCCCC/C=C\CC(P)CCCCCC. The van der Waals surface area contributed by atoms with Gasteiger partial charge < -0.3 is 0 Å². The molecule has 0 aromatic heterocycles. The Morgan fingerprint density at radius 2 is 1.04 bits per heavy atom. The van der Waals surface area contributed by atoms with Crippen LogP contribution in [0.15, 0.2) is 48.1 Å². The molecule has 0 aliphatic carbocycles. The molecule has 288 valence electrons. The van der Waals surface area contributed by atoms with Gasteiger partial charge in [-0.2, -0.15) is 0 Å². The quantitative estimate of drug-likeness (QED) is 0.0342. The lowest BCUT2D eigenvalue weighted by Crippen LogP contribution is -2.05. The summed E-state index contributed by atoms with van der Waals surface area (Å²) in [5.74, 6) is 1.66. The summed E-state index contributed by atoms with van der Waals surface area (Å²) in [5, 5.41) is 0. The molecule has 0 aliphatic rings. The lowest BCUT2D eigenvalue weighted by atomic mass is 9.85. The molecule has 0 fully saturated rings. The third-order valence-electron chi connectivity index (χ3n) is 10.7. The van der Waals surface area contributed by atoms with Gasteiger partial charge in [0.05, 0.1) is 0 Å².